The summed E-state index contributed by atoms with van der Waals surface area (Å²) in [6, 6.07) is 24.5. The van der Waals surface area contributed by atoms with Gasteiger partial charge < -0.3 is 24.8 Å². The average molecular weight is 448 g/mol. The standard InChI is InChI=1S/C20H17Si.2ClH.Zr/c1-14-19-10-6-5-9-17(19)13-20(14)21(2)18-11-15-7-3-4-8-16(15)12-18;;;/h3-13H,1-2H3;2*1H;/q-2;;;+4/p-2. The topological polar surface area (TPSA) is 0 Å². The van der Waals surface area contributed by atoms with Crippen LogP contribution in [0.4, 0.5) is 0 Å². The van der Waals surface area contributed by atoms with Crippen molar-refractivity contribution in [3.8, 4) is 0 Å². The smallest absolute Gasteiger partial charge is 1.00 e. The normalized spacial score (nSPS) is 10.3. The van der Waals surface area contributed by atoms with Crippen LogP contribution in [-0.2, 0) is 26.2 Å². The van der Waals surface area contributed by atoms with Gasteiger partial charge in [0.05, 0.1) is 8.80 Å². The molecule has 4 aromatic rings. The fourth-order valence-electron chi connectivity index (χ4n) is 3.29. The van der Waals surface area contributed by atoms with E-state index in [0.29, 0.717) is 0 Å². The predicted octanol–water partition coefficient (Wildman–Crippen LogP) is -2.02. The zero-order valence-electron chi connectivity index (χ0n) is 13.6. The zero-order valence-corrected chi connectivity index (χ0v) is 18.6. The van der Waals surface area contributed by atoms with E-state index in [1.807, 2.05) is 0 Å². The molecule has 0 amide bonds. The number of fused-ring (bicyclic) bond motifs is 2. The molecule has 0 fully saturated rings. The maximum Gasteiger partial charge on any atom is 4.00 e. The summed E-state index contributed by atoms with van der Waals surface area (Å²) in [4.78, 5) is 0. The third-order valence-electron chi connectivity index (χ3n) is 4.52. The van der Waals surface area contributed by atoms with Gasteiger partial charge >= 0.3 is 26.2 Å². The van der Waals surface area contributed by atoms with E-state index in [1.165, 1.54) is 32.3 Å². The summed E-state index contributed by atoms with van der Waals surface area (Å²) in [5.41, 5.74) is 1.47. The van der Waals surface area contributed by atoms with E-state index in [1.54, 1.807) is 5.19 Å². The second-order valence-corrected chi connectivity index (χ2v) is 8.13. The molecule has 0 N–H and O–H groups in total. The van der Waals surface area contributed by atoms with E-state index in [2.05, 4.69) is 80.2 Å². The van der Waals surface area contributed by atoms with Gasteiger partial charge in [-0.05, 0) is 0 Å². The first kappa shape index (κ1) is 21.4. The van der Waals surface area contributed by atoms with Crippen LogP contribution in [0.25, 0.3) is 21.5 Å². The van der Waals surface area contributed by atoms with Crippen molar-refractivity contribution < 1.29 is 51.0 Å². The Morgan fingerprint density at radius 1 is 0.875 bits per heavy atom. The van der Waals surface area contributed by atoms with Gasteiger partial charge in [0, 0.05) is 0 Å². The van der Waals surface area contributed by atoms with Gasteiger partial charge in [0.2, 0.25) is 0 Å². The summed E-state index contributed by atoms with van der Waals surface area (Å²) in [6.45, 7) is 4.69. The monoisotopic (exact) mass is 445 g/mol. The van der Waals surface area contributed by atoms with Crippen LogP contribution in [0, 0.1) is 6.92 Å². The van der Waals surface area contributed by atoms with E-state index in [-0.39, 0.29) is 51.0 Å². The van der Waals surface area contributed by atoms with Crippen LogP contribution in [-0.4, -0.2) is 8.80 Å². The SMILES string of the molecule is C[c-]1c([Si](C)c2cc3ccccc3[cH-]2)cc2ccccc21.[Cl-].[Cl-].[Zr+4]. The summed E-state index contributed by atoms with van der Waals surface area (Å²) < 4.78 is 0. The van der Waals surface area contributed by atoms with Crippen LogP contribution >= 0.6 is 0 Å². The van der Waals surface area contributed by atoms with Crippen LogP contribution in [0.1, 0.15) is 5.56 Å². The number of aryl methyl sites for hydroxylation is 1. The minimum atomic E-state index is -0.697. The Morgan fingerprint density at radius 3 is 2.17 bits per heavy atom. The Kier molecular flexibility index (Phi) is 7.69. The van der Waals surface area contributed by atoms with Crippen molar-refractivity contribution in [3.05, 3.63) is 72.3 Å². The van der Waals surface area contributed by atoms with Gasteiger partial charge in [0.1, 0.15) is 0 Å². The Bertz CT molecular complexity index is 906. The Hall–Kier alpha value is -0.660. The van der Waals surface area contributed by atoms with Crippen LogP contribution in [0.3, 0.4) is 0 Å². The molecular formula is C20H17Cl2SiZr. The van der Waals surface area contributed by atoms with Crippen LogP contribution in [0.5, 0.6) is 0 Å². The summed E-state index contributed by atoms with van der Waals surface area (Å²) in [6.07, 6.45) is 0. The van der Waals surface area contributed by atoms with Crippen molar-refractivity contribution in [1.29, 1.82) is 0 Å². The van der Waals surface area contributed by atoms with E-state index in [0.717, 1.165) is 0 Å². The van der Waals surface area contributed by atoms with E-state index in [9.17, 15) is 0 Å². The van der Waals surface area contributed by atoms with Crippen molar-refractivity contribution in [2.75, 3.05) is 0 Å². The maximum atomic E-state index is 2.42. The molecule has 0 aliphatic carbocycles. The van der Waals surface area contributed by atoms with Gasteiger partial charge in [-0.2, -0.15) is 17.5 Å². The third-order valence-corrected chi connectivity index (χ3v) is 7.01. The Balaban J connectivity index is 0.000000960. The van der Waals surface area contributed by atoms with Crippen molar-refractivity contribution in [3.63, 3.8) is 0 Å². The molecule has 4 heteroatoms. The molecular weight excluding hydrogens is 430 g/mol. The van der Waals surface area contributed by atoms with Crippen molar-refractivity contribution in [2.45, 2.75) is 13.5 Å². The van der Waals surface area contributed by atoms with Crippen LogP contribution in [0.2, 0.25) is 6.55 Å². The van der Waals surface area contributed by atoms with E-state index < -0.39 is 8.80 Å². The molecule has 0 aromatic heterocycles. The summed E-state index contributed by atoms with van der Waals surface area (Å²) in [5, 5.41) is 8.59. The molecule has 4 rings (SSSR count). The molecule has 0 heterocycles. The molecule has 119 valence electrons. The van der Waals surface area contributed by atoms with Gasteiger partial charge in [0.15, 0.2) is 0 Å². The fourth-order valence-corrected chi connectivity index (χ4v) is 5.41. The molecule has 24 heavy (non-hydrogen) atoms. The molecule has 1 radical (unpaired) electrons. The van der Waals surface area contributed by atoms with Crippen molar-refractivity contribution in [2.24, 2.45) is 0 Å². The quantitative estimate of drug-likeness (QED) is 0.246. The first-order valence-corrected chi connectivity index (χ1v) is 9.39. The third kappa shape index (κ3) is 3.63. The Morgan fingerprint density at radius 2 is 1.50 bits per heavy atom. The first-order chi connectivity index (χ1) is 10.2. The van der Waals surface area contributed by atoms with Gasteiger partial charge in [-0.3, -0.25) is 0 Å². The summed E-state index contributed by atoms with van der Waals surface area (Å²) in [7, 11) is -0.697. The Labute approximate surface area is 176 Å². The maximum absolute atomic E-state index is 2.42. The minimum Gasteiger partial charge on any atom is -1.00 e. The van der Waals surface area contributed by atoms with E-state index in [4.69, 9.17) is 0 Å². The van der Waals surface area contributed by atoms with E-state index >= 15 is 0 Å². The minimum absolute atomic E-state index is 0. The molecule has 0 unspecified atom stereocenters. The molecule has 0 bridgehead atoms. The van der Waals surface area contributed by atoms with Gasteiger partial charge in [-0.15, -0.1) is 74.6 Å². The fraction of sp³-hybridized carbons (Fsp3) is 0.100. The van der Waals surface area contributed by atoms with Crippen LogP contribution in [0.15, 0.2) is 66.7 Å². The van der Waals surface area contributed by atoms with Crippen LogP contribution < -0.4 is 35.2 Å². The number of benzene rings is 2. The van der Waals surface area contributed by atoms with Gasteiger partial charge in [-0.25, -0.2) is 0 Å². The van der Waals surface area contributed by atoms with Gasteiger partial charge in [-0.1, -0.05) is 25.6 Å². The first-order valence-electron chi connectivity index (χ1n) is 7.39. The summed E-state index contributed by atoms with van der Waals surface area (Å²) >= 11 is 0. The molecule has 0 nitrogen and oxygen atoms in total. The largest absolute Gasteiger partial charge is 4.00 e. The average Bonchev–Trinajstić information content (AvgIpc) is 3.08. The number of hydrogen-bond donors (Lipinski definition) is 0. The zero-order chi connectivity index (χ0) is 14.4. The number of halogens is 2. The van der Waals surface area contributed by atoms with Gasteiger partial charge in [0.25, 0.3) is 0 Å². The van der Waals surface area contributed by atoms with Crippen molar-refractivity contribution in [1.82, 2.24) is 0 Å². The molecule has 0 saturated heterocycles. The van der Waals surface area contributed by atoms with Crippen molar-refractivity contribution >= 4 is 40.7 Å². The second kappa shape index (κ2) is 8.63. The molecule has 0 aliphatic heterocycles. The molecule has 0 saturated carbocycles. The second-order valence-electron chi connectivity index (χ2n) is 5.77. The predicted molar refractivity (Wildman–Crippen MR) is 94.7 cm³/mol. The number of hydrogen-bond acceptors (Lipinski definition) is 0. The molecule has 0 atom stereocenters. The molecule has 4 aromatic carbocycles. The number of rotatable bonds is 2. The summed E-state index contributed by atoms with van der Waals surface area (Å²) in [5.74, 6) is 0. The molecule has 0 aliphatic rings. The molecule has 0 spiro atoms.